The van der Waals surface area contributed by atoms with Crippen LogP contribution in [0, 0.1) is 11.8 Å². The molecular formula is C52H84N6O8. The summed E-state index contributed by atoms with van der Waals surface area (Å²) in [5.74, 6) is -5.58. The molecule has 0 spiro atoms. The number of carbonyl (C=O) groups is 1. The fourth-order valence-electron chi connectivity index (χ4n) is 10.2. The maximum Gasteiger partial charge on any atom is 0.360 e. The van der Waals surface area contributed by atoms with Gasteiger partial charge in [0.15, 0.2) is 5.66 Å². The number of aliphatic carboxylic acids is 1. The van der Waals surface area contributed by atoms with Crippen LogP contribution in [0.15, 0.2) is 84.9 Å². The minimum atomic E-state index is -2.84. The molecule has 14 nitrogen and oxygen atoms in total. The molecule has 0 aliphatic carbocycles. The largest absolute Gasteiger partial charge is 0.497 e. The zero-order valence-corrected chi connectivity index (χ0v) is 43.0. The van der Waals surface area contributed by atoms with E-state index in [9.17, 15) is 5.11 Å². The van der Waals surface area contributed by atoms with Crippen molar-refractivity contribution in [2.45, 2.75) is 155 Å². The van der Waals surface area contributed by atoms with Crippen molar-refractivity contribution in [1.82, 2.24) is 25.1 Å². The maximum absolute atomic E-state index is 15.7. The number of benzene rings is 3. The molecule has 1 heterocycles. The van der Waals surface area contributed by atoms with E-state index in [1.165, 1.54) is 12.2 Å². The Labute approximate surface area is 396 Å². The van der Waals surface area contributed by atoms with Gasteiger partial charge in [-0.15, -0.1) is 0 Å². The molecule has 1 fully saturated rings. The van der Waals surface area contributed by atoms with Gasteiger partial charge in [-0.05, 0) is 116 Å². The van der Waals surface area contributed by atoms with Crippen molar-refractivity contribution in [3.8, 4) is 5.75 Å². The SMILES string of the molecule is CCCCOC1(OC)C(OC(C)(C)C)(C(=O)O)N(OCc2ccccc2)C(NCc2ccc(OC)cc2)(Nc2ccccc2)C(N(C)C)(N(C(C)C)C(C)C)C1(O)N(CC(C)C)CC(C)C. The van der Waals surface area contributed by atoms with Gasteiger partial charge >= 0.3 is 11.7 Å². The highest BCUT2D eigenvalue weighted by atomic mass is 16.8. The number of carboxylic acid groups (broad SMARTS) is 1. The number of hydrogen-bond acceptors (Lipinski definition) is 13. The molecule has 0 saturated carbocycles. The summed E-state index contributed by atoms with van der Waals surface area (Å²) < 4.78 is 27.2. The lowest BCUT2D eigenvalue weighted by Crippen LogP contribution is -3.05. The topological polar surface area (TPSA) is 141 Å². The third-order valence-corrected chi connectivity index (χ3v) is 12.1. The first kappa shape index (κ1) is 54.9. The van der Waals surface area contributed by atoms with Crippen molar-refractivity contribution in [2.75, 3.05) is 53.3 Å². The fraction of sp³-hybridized carbons (Fsp3) is 0.635. The number of unbranched alkanes of at least 4 members (excludes halogenated alkanes) is 1. The van der Waals surface area contributed by atoms with Crippen LogP contribution >= 0.6 is 0 Å². The van der Waals surface area contributed by atoms with Crippen molar-refractivity contribution in [1.29, 1.82) is 0 Å². The Morgan fingerprint density at radius 3 is 1.79 bits per heavy atom. The van der Waals surface area contributed by atoms with Crippen molar-refractivity contribution < 1.29 is 38.8 Å². The number of nitrogens with one attached hydrogen (secondary N) is 2. The third kappa shape index (κ3) is 10.3. The molecule has 0 amide bonds. The first-order valence-corrected chi connectivity index (χ1v) is 23.8. The predicted molar refractivity (Wildman–Crippen MR) is 262 cm³/mol. The van der Waals surface area contributed by atoms with Gasteiger partial charge in [-0.1, -0.05) is 107 Å². The van der Waals surface area contributed by atoms with Crippen LogP contribution in [0.1, 0.15) is 107 Å². The van der Waals surface area contributed by atoms with Gasteiger partial charge in [-0.3, -0.25) is 24.9 Å². The second-order valence-electron chi connectivity index (χ2n) is 20.2. The molecule has 4 rings (SSSR count). The quantitative estimate of drug-likeness (QED) is 0.0478. The summed E-state index contributed by atoms with van der Waals surface area (Å²) in [4.78, 5) is 29.2. The number of methoxy groups -OCH3 is 2. The fourth-order valence-corrected chi connectivity index (χ4v) is 10.2. The number of hydrogen-bond donors (Lipinski definition) is 4. The van der Waals surface area contributed by atoms with Crippen LogP contribution in [0.2, 0.25) is 0 Å². The average Bonchev–Trinajstić information content (AvgIpc) is 3.24. The van der Waals surface area contributed by atoms with Gasteiger partial charge in [0.25, 0.3) is 5.79 Å². The molecule has 1 saturated heterocycles. The molecule has 4 N–H and O–H groups in total. The van der Waals surface area contributed by atoms with Crippen LogP contribution in [0.5, 0.6) is 5.75 Å². The van der Waals surface area contributed by atoms with E-state index < -0.39 is 40.3 Å². The van der Waals surface area contributed by atoms with Crippen molar-refractivity contribution >= 4 is 11.7 Å². The molecule has 0 bridgehead atoms. The molecule has 0 radical (unpaired) electrons. The monoisotopic (exact) mass is 921 g/mol. The first-order valence-electron chi connectivity index (χ1n) is 23.8. The number of anilines is 1. The van der Waals surface area contributed by atoms with Gasteiger partial charge in [0, 0.05) is 44.5 Å². The highest BCUT2D eigenvalue weighted by molar-refractivity contribution is 5.80. The molecule has 5 unspecified atom stereocenters. The molecule has 14 heteroatoms. The Bertz CT molecular complexity index is 1910. The lowest BCUT2D eigenvalue weighted by atomic mass is 9.67. The molecule has 1 aliphatic heterocycles. The van der Waals surface area contributed by atoms with Gasteiger partial charge < -0.3 is 34.5 Å². The molecule has 3 aromatic carbocycles. The lowest BCUT2D eigenvalue weighted by molar-refractivity contribution is -0.553. The van der Waals surface area contributed by atoms with Gasteiger partial charge in [0.2, 0.25) is 11.5 Å². The van der Waals surface area contributed by atoms with Gasteiger partial charge in [0.1, 0.15) is 5.75 Å². The van der Waals surface area contributed by atoms with E-state index in [0.29, 0.717) is 37.4 Å². The molecule has 5 atom stereocenters. The Kier molecular flexibility index (Phi) is 18.8. The Morgan fingerprint density at radius 2 is 1.35 bits per heavy atom. The summed E-state index contributed by atoms with van der Waals surface area (Å²) >= 11 is 0. The Morgan fingerprint density at radius 1 is 0.803 bits per heavy atom. The smallest absolute Gasteiger partial charge is 0.360 e. The van der Waals surface area contributed by atoms with Crippen LogP contribution in [0.25, 0.3) is 0 Å². The van der Waals surface area contributed by atoms with Crippen molar-refractivity contribution in [3.05, 3.63) is 96.1 Å². The highest BCUT2D eigenvalue weighted by Gasteiger charge is 2.93. The number of para-hydroxylation sites is 1. The standard InChI is InChI=1S/C52H84N6O8/c1-17-18-33-64-51(63-16)48(46(59)60,66-47(10,11)12)58(65-37-43-25-21-19-22-26-43)52(54-44-27-23-20-24-28-44,53-34-42-29-31-45(62-15)32-30-42)49(55(13)14,57(40(6)7)41(8)9)50(51,61)56(35-38(2)3)36-39(4)5/h19-32,38-41,53-54,61H,17-18,33-37H2,1-16H3,(H,59,60). The Balaban J connectivity index is 2.55. The lowest BCUT2D eigenvalue weighted by Gasteiger charge is -2.78. The number of piperidine rings is 1. The van der Waals surface area contributed by atoms with Gasteiger partial charge in [-0.2, -0.15) is 0 Å². The first-order chi connectivity index (χ1) is 31.0. The number of nitrogens with zero attached hydrogens (tertiary/aromatic N) is 4. The van der Waals surface area contributed by atoms with Crippen LogP contribution in [-0.4, -0.2) is 130 Å². The molecule has 370 valence electrons. The third-order valence-electron chi connectivity index (χ3n) is 12.1. The van der Waals surface area contributed by atoms with E-state index in [1.807, 2.05) is 116 Å². The summed E-state index contributed by atoms with van der Waals surface area (Å²) in [7, 11) is 6.88. The summed E-state index contributed by atoms with van der Waals surface area (Å²) in [5.41, 5.74) is -6.29. The number of likely N-dealkylation sites (N-methyl/N-ethyl adjacent to an activating group) is 1. The summed E-state index contributed by atoms with van der Waals surface area (Å²) in [5, 5.41) is 37.7. The van der Waals surface area contributed by atoms with Crippen molar-refractivity contribution in [2.24, 2.45) is 11.8 Å². The number of rotatable bonds is 25. The van der Waals surface area contributed by atoms with Crippen LogP contribution < -0.4 is 15.4 Å². The molecule has 66 heavy (non-hydrogen) atoms. The zero-order valence-electron chi connectivity index (χ0n) is 43.0. The molecule has 1 aliphatic rings. The summed E-state index contributed by atoms with van der Waals surface area (Å²) in [6.07, 6.45) is 1.22. The molecular weight excluding hydrogens is 837 g/mol. The molecule has 3 aromatic rings. The van der Waals surface area contributed by atoms with Crippen LogP contribution in [0.3, 0.4) is 0 Å². The van der Waals surface area contributed by atoms with Crippen LogP contribution in [-0.2, 0) is 37.0 Å². The minimum Gasteiger partial charge on any atom is -0.497 e. The highest BCUT2D eigenvalue weighted by Crippen LogP contribution is 2.63. The number of hydroxylamine groups is 2. The molecule has 0 aromatic heterocycles. The second kappa shape index (κ2) is 22.6. The van der Waals surface area contributed by atoms with E-state index in [0.717, 1.165) is 11.1 Å². The van der Waals surface area contributed by atoms with Gasteiger partial charge in [-0.25, -0.2) is 4.79 Å². The zero-order chi connectivity index (χ0) is 49.3. The van der Waals surface area contributed by atoms with E-state index in [1.54, 1.807) is 27.9 Å². The van der Waals surface area contributed by atoms with E-state index >= 15 is 9.90 Å². The number of aliphatic hydroxyl groups is 1. The van der Waals surface area contributed by atoms with Crippen molar-refractivity contribution in [3.63, 3.8) is 0 Å². The normalized spacial score (nSPS) is 25.3. The Hall–Kier alpha value is -3.67. The average molecular weight is 921 g/mol. The van der Waals surface area contributed by atoms with E-state index in [-0.39, 0.29) is 43.7 Å². The number of ether oxygens (including phenoxy) is 4. The predicted octanol–water partition coefficient (Wildman–Crippen LogP) is 8.43. The number of carboxylic acids is 1. The van der Waals surface area contributed by atoms with Gasteiger partial charge in [0.05, 0.1) is 25.9 Å². The minimum absolute atomic E-state index is 0.00413. The van der Waals surface area contributed by atoms with E-state index in [4.69, 9.17) is 23.8 Å². The van der Waals surface area contributed by atoms with E-state index in [2.05, 4.69) is 70.9 Å². The summed E-state index contributed by atoms with van der Waals surface area (Å²) in [6.45, 7) is 24.7. The summed E-state index contributed by atoms with van der Waals surface area (Å²) in [6, 6.07) is 26.2. The maximum atomic E-state index is 15.7. The second-order valence-corrected chi connectivity index (χ2v) is 20.2. The van der Waals surface area contributed by atoms with Crippen LogP contribution in [0.4, 0.5) is 5.69 Å².